The lowest BCUT2D eigenvalue weighted by atomic mass is 10.2. The van der Waals surface area contributed by atoms with Crippen molar-refractivity contribution in [1.82, 2.24) is 4.98 Å². The second-order valence-electron chi connectivity index (χ2n) is 3.58. The van der Waals surface area contributed by atoms with Gasteiger partial charge in [-0.1, -0.05) is 0 Å². The molecule has 0 saturated carbocycles. The number of aromatic nitrogens is 1. The van der Waals surface area contributed by atoms with E-state index in [2.05, 4.69) is 10.3 Å². The summed E-state index contributed by atoms with van der Waals surface area (Å²) in [5, 5.41) is 3.19. The molecule has 5 N–H and O–H groups in total. The SMILES string of the molecule is Cl.Cl.Nc1ccc2c(c1)Oc1cncc(N)c1N2. The predicted molar refractivity (Wildman–Crippen MR) is 77.4 cm³/mol. The molecule has 0 amide bonds. The Kier molecular flexibility index (Phi) is 4.11. The number of anilines is 4. The first-order chi connectivity index (χ1) is 7.74. The number of ether oxygens (including phenoxy) is 1. The largest absolute Gasteiger partial charge is 0.451 e. The fourth-order valence-electron chi connectivity index (χ4n) is 1.65. The summed E-state index contributed by atoms with van der Waals surface area (Å²) in [5.74, 6) is 1.29. The van der Waals surface area contributed by atoms with Crippen molar-refractivity contribution >= 4 is 47.6 Å². The van der Waals surface area contributed by atoms with E-state index in [0.29, 0.717) is 22.9 Å². The highest BCUT2D eigenvalue weighted by Crippen LogP contribution is 2.44. The van der Waals surface area contributed by atoms with E-state index in [1.165, 1.54) is 0 Å². The van der Waals surface area contributed by atoms with Crippen LogP contribution in [0.5, 0.6) is 11.5 Å². The van der Waals surface area contributed by atoms with Gasteiger partial charge in [0.2, 0.25) is 0 Å². The average Bonchev–Trinajstić information content (AvgIpc) is 2.27. The third-order valence-electron chi connectivity index (χ3n) is 2.43. The van der Waals surface area contributed by atoms with Crippen molar-refractivity contribution < 1.29 is 4.74 Å². The van der Waals surface area contributed by atoms with Gasteiger partial charge in [-0.15, -0.1) is 24.8 Å². The smallest absolute Gasteiger partial charge is 0.171 e. The van der Waals surface area contributed by atoms with Gasteiger partial charge in [0.05, 0.1) is 23.8 Å². The normalized spacial score (nSPS) is 10.7. The minimum atomic E-state index is 0. The van der Waals surface area contributed by atoms with Crippen molar-refractivity contribution in [1.29, 1.82) is 0 Å². The first kappa shape index (κ1) is 14.2. The third-order valence-corrected chi connectivity index (χ3v) is 2.43. The van der Waals surface area contributed by atoms with Crippen molar-refractivity contribution in [2.75, 3.05) is 16.8 Å². The summed E-state index contributed by atoms with van der Waals surface area (Å²) >= 11 is 0. The van der Waals surface area contributed by atoms with Crippen molar-refractivity contribution in [2.24, 2.45) is 0 Å². The van der Waals surface area contributed by atoms with Crippen LogP contribution in [0.15, 0.2) is 30.6 Å². The molecule has 0 atom stereocenters. The number of hydrogen-bond donors (Lipinski definition) is 3. The van der Waals surface area contributed by atoms with E-state index < -0.39 is 0 Å². The number of rotatable bonds is 0. The Bertz CT molecular complexity index is 577. The van der Waals surface area contributed by atoms with Gasteiger partial charge in [0, 0.05) is 11.8 Å². The van der Waals surface area contributed by atoms with Gasteiger partial charge in [-0.25, -0.2) is 0 Å². The van der Waals surface area contributed by atoms with Gasteiger partial charge in [-0.05, 0) is 12.1 Å². The quantitative estimate of drug-likeness (QED) is 0.553. The number of nitrogens with two attached hydrogens (primary N) is 2. The maximum absolute atomic E-state index is 5.80. The van der Waals surface area contributed by atoms with Crippen LogP contribution in [0.2, 0.25) is 0 Å². The van der Waals surface area contributed by atoms with Crippen LogP contribution in [0.25, 0.3) is 0 Å². The van der Waals surface area contributed by atoms with Crippen LogP contribution in [0, 0.1) is 0 Å². The van der Waals surface area contributed by atoms with E-state index in [1.807, 2.05) is 6.07 Å². The lowest BCUT2D eigenvalue weighted by Crippen LogP contribution is -2.06. The van der Waals surface area contributed by atoms with E-state index in [9.17, 15) is 0 Å². The molecule has 1 aliphatic rings. The van der Waals surface area contributed by atoms with Crippen molar-refractivity contribution in [3.05, 3.63) is 30.6 Å². The number of nitrogens with one attached hydrogen (secondary N) is 1. The zero-order valence-electron chi connectivity index (χ0n) is 9.21. The monoisotopic (exact) mass is 286 g/mol. The molecule has 0 aliphatic carbocycles. The van der Waals surface area contributed by atoms with Gasteiger partial charge in [0.15, 0.2) is 11.5 Å². The van der Waals surface area contributed by atoms with Crippen molar-refractivity contribution in [3.8, 4) is 11.5 Å². The Morgan fingerprint density at radius 3 is 2.61 bits per heavy atom. The first-order valence-electron chi connectivity index (χ1n) is 4.82. The molecule has 1 aromatic heterocycles. The molecule has 0 spiro atoms. The van der Waals surface area contributed by atoms with Crippen LogP contribution in [0.4, 0.5) is 22.7 Å². The summed E-state index contributed by atoms with van der Waals surface area (Å²) < 4.78 is 5.65. The fraction of sp³-hybridized carbons (Fsp3) is 0. The molecule has 1 aliphatic heterocycles. The Labute approximate surface area is 116 Å². The van der Waals surface area contributed by atoms with Gasteiger partial charge in [-0.3, -0.25) is 4.98 Å². The number of nitrogen functional groups attached to an aromatic ring is 2. The van der Waals surface area contributed by atoms with Gasteiger partial charge in [0.25, 0.3) is 0 Å². The van der Waals surface area contributed by atoms with E-state index in [-0.39, 0.29) is 24.8 Å². The van der Waals surface area contributed by atoms with E-state index >= 15 is 0 Å². The van der Waals surface area contributed by atoms with Crippen LogP contribution >= 0.6 is 24.8 Å². The maximum Gasteiger partial charge on any atom is 0.171 e. The molecule has 7 heteroatoms. The summed E-state index contributed by atoms with van der Waals surface area (Å²) in [6, 6.07) is 5.42. The van der Waals surface area contributed by atoms with Crippen LogP contribution in [-0.2, 0) is 0 Å². The number of pyridine rings is 1. The molecular weight excluding hydrogens is 275 g/mol. The first-order valence-corrected chi connectivity index (χ1v) is 4.82. The molecule has 18 heavy (non-hydrogen) atoms. The average molecular weight is 287 g/mol. The molecule has 96 valence electrons. The molecule has 0 radical (unpaired) electrons. The molecule has 5 nitrogen and oxygen atoms in total. The molecule has 0 bridgehead atoms. The highest BCUT2D eigenvalue weighted by Gasteiger charge is 2.18. The van der Waals surface area contributed by atoms with Crippen molar-refractivity contribution in [2.45, 2.75) is 0 Å². The number of fused-ring (bicyclic) bond motifs is 2. The lowest BCUT2D eigenvalue weighted by molar-refractivity contribution is 0.479. The topological polar surface area (TPSA) is 86.2 Å². The van der Waals surface area contributed by atoms with Crippen LogP contribution in [0.3, 0.4) is 0 Å². The van der Waals surface area contributed by atoms with Crippen molar-refractivity contribution in [3.63, 3.8) is 0 Å². The number of benzene rings is 1. The third kappa shape index (κ3) is 2.23. The Morgan fingerprint density at radius 1 is 1.06 bits per heavy atom. The van der Waals surface area contributed by atoms with Crippen LogP contribution in [-0.4, -0.2) is 4.98 Å². The predicted octanol–water partition coefficient (Wildman–Crippen LogP) is 2.94. The van der Waals surface area contributed by atoms with Gasteiger partial charge < -0.3 is 21.5 Å². The lowest BCUT2D eigenvalue weighted by Gasteiger charge is -2.22. The number of nitrogens with zero attached hydrogens (tertiary/aromatic N) is 1. The number of halogens is 2. The second kappa shape index (κ2) is 5.20. The molecule has 0 unspecified atom stereocenters. The maximum atomic E-state index is 5.80. The summed E-state index contributed by atoms with van der Waals surface area (Å²) in [4.78, 5) is 3.97. The van der Waals surface area contributed by atoms with Gasteiger partial charge in [0.1, 0.15) is 5.69 Å². The zero-order chi connectivity index (χ0) is 11.1. The molecule has 0 fully saturated rings. The molecular formula is C11H12Cl2N4O. The standard InChI is InChI=1S/C11H10N4O.2ClH/c12-6-1-2-8-9(3-6)16-10-5-14-4-7(13)11(10)15-8;;/h1-5,15H,12-13H2;2*1H. The van der Waals surface area contributed by atoms with E-state index in [1.54, 1.807) is 24.5 Å². The molecule has 2 aromatic rings. The Hall–Kier alpha value is -1.85. The molecule has 1 aromatic carbocycles. The number of hydrogen-bond acceptors (Lipinski definition) is 5. The Morgan fingerprint density at radius 2 is 1.83 bits per heavy atom. The fourth-order valence-corrected chi connectivity index (χ4v) is 1.65. The highest BCUT2D eigenvalue weighted by molar-refractivity contribution is 5.86. The van der Waals surface area contributed by atoms with Crippen LogP contribution < -0.4 is 21.5 Å². The molecule has 0 saturated heterocycles. The highest BCUT2D eigenvalue weighted by atomic mass is 35.5. The summed E-state index contributed by atoms with van der Waals surface area (Å²) in [5.41, 5.74) is 14.3. The molecule has 2 heterocycles. The van der Waals surface area contributed by atoms with Gasteiger partial charge in [-0.2, -0.15) is 0 Å². The van der Waals surface area contributed by atoms with E-state index in [4.69, 9.17) is 16.2 Å². The second-order valence-corrected chi connectivity index (χ2v) is 3.58. The zero-order valence-corrected chi connectivity index (χ0v) is 10.8. The Balaban J connectivity index is 0.000000810. The summed E-state index contributed by atoms with van der Waals surface area (Å²) in [6.45, 7) is 0. The minimum absolute atomic E-state index is 0. The molecule has 3 rings (SSSR count). The summed E-state index contributed by atoms with van der Waals surface area (Å²) in [7, 11) is 0. The summed E-state index contributed by atoms with van der Waals surface area (Å²) in [6.07, 6.45) is 3.20. The van der Waals surface area contributed by atoms with E-state index in [0.717, 1.165) is 11.4 Å². The van der Waals surface area contributed by atoms with Gasteiger partial charge >= 0.3 is 0 Å². The van der Waals surface area contributed by atoms with Crippen LogP contribution in [0.1, 0.15) is 0 Å². The minimum Gasteiger partial charge on any atom is -0.451 e.